The van der Waals surface area contributed by atoms with Crippen molar-refractivity contribution >= 4 is 34.8 Å². The predicted octanol–water partition coefficient (Wildman–Crippen LogP) is 3.94. The Morgan fingerprint density at radius 1 is 1.15 bits per heavy atom. The molecule has 210 valence electrons. The summed E-state index contributed by atoms with van der Waals surface area (Å²) in [5, 5.41) is 9.84. The first-order valence-electron chi connectivity index (χ1n) is 12.1. The van der Waals surface area contributed by atoms with Gasteiger partial charge in [0.15, 0.2) is 5.82 Å². The number of alkyl halides is 3. The lowest BCUT2D eigenvalue weighted by atomic mass is 9.98. The second kappa shape index (κ2) is 10.3. The third-order valence-corrected chi connectivity index (χ3v) is 6.90. The van der Waals surface area contributed by atoms with Crippen molar-refractivity contribution in [1.29, 1.82) is 0 Å². The maximum atomic E-state index is 14.6. The van der Waals surface area contributed by atoms with Crippen molar-refractivity contribution < 1.29 is 32.3 Å². The van der Waals surface area contributed by atoms with Gasteiger partial charge in [-0.25, -0.2) is 23.9 Å². The summed E-state index contributed by atoms with van der Waals surface area (Å²) in [4.78, 5) is 37.1. The van der Waals surface area contributed by atoms with Crippen LogP contribution in [0.2, 0.25) is 0 Å². The Bertz CT molecular complexity index is 1410. The average Bonchev–Trinajstić information content (AvgIpc) is 3.43. The van der Waals surface area contributed by atoms with Crippen molar-refractivity contribution in [3.8, 4) is 0 Å². The number of hydrogen-bond donors (Lipinski definition) is 2. The molecule has 0 saturated carbocycles. The lowest BCUT2D eigenvalue weighted by Gasteiger charge is -2.46. The van der Waals surface area contributed by atoms with Gasteiger partial charge in [-0.05, 0) is 40.3 Å². The van der Waals surface area contributed by atoms with Gasteiger partial charge in [0.25, 0.3) is 0 Å². The Labute approximate surface area is 221 Å². The van der Waals surface area contributed by atoms with Gasteiger partial charge in [-0.3, -0.25) is 9.80 Å². The summed E-state index contributed by atoms with van der Waals surface area (Å²) in [6.07, 6.45) is 0.740. The largest absolute Gasteiger partial charge is 0.490 e. The molecule has 0 unspecified atom stereocenters. The zero-order valence-electron chi connectivity index (χ0n) is 21.9. The van der Waals surface area contributed by atoms with Crippen LogP contribution in [0.15, 0.2) is 30.7 Å². The van der Waals surface area contributed by atoms with Crippen molar-refractivity contribution in [2.45, 2.75) is 38.9 Å². The average molecular weight is 552 g/mol. The summed E-state index contributed by atoms with van der Waals surface area (Å²) >= 11 is 0. The molecule has 0 radical (unpaired) electrons. The van der Waals surface area contributed by atoms with E-state index in [1.807, 2.05) is 13.0 Å². The minimum atomic E-state index is -5.08. The number of amides is 2. The van der Waals surface area contributed by atoms with E-state index in [0.717, 1.165) is 43.0 Å². The van der Waals surface area contributed by atoms with Crippen LogP contribution in [0.3, 0.4) is 0 Å². The summed E-state index contributed by atoms with van der Waals surface area (Å²) in [5.74, 6) is -2.62. The number of imidazole rings is 1. The Balaban J connectivity index is 0.000000448. The Hall–Kier alpha value is -3.94. The van der Waals surface area contributed by atoms with Crippen LogP contribution >= 0.6 is 0 Å². The minimum absolute atomic E-state index is 0.0614. The highest BCUT2D eigenvalue weighted by Gasteiger charge is 2.38. The number of fused-ring (bicyclic) bond motifs is 2. The fourth-order valence-corrected chi connectivity index (χ4v) is 4.62. The fraction of sp³-hybridized carbons (Fsp3) is 0.440. The van der Waals surface area contributed by atoms with E-state index in [9.17, 15) is 22.4 Å². The van der Waals surface area contributed by atoms with E-state index < -0.39 is 18.0 Å². The standard InChI is InChI=1S/C23H28FN7O.C2HF3O2/c1-15-12-30-13-18(17(24)11-20(30)26-15)27-22(32)31-8-6-16-19(5-7-25-21(16)31)29-10-9-28(4)23(2,3)14-29;3-2(4,5)1(6)7/h5,7,11-13H,6,8-10,14H2,1-4H3,(H,27,32);(H,6,7). The van der Waals surface area contributed by atoms with Crippen molar-refractivity contribution in [3.05, 3.63) is 47.8 Å². The van der Waals surface area contributed by atoms with Gasteiger partial charge in [-0.1, -0.05) is 0 Å². The predicted molar refractivity (Wildman–Crippen MR) is 137 cm³/mol. The van der Waals surface area contributed by atoms with Crippen molar-refractivity contribution in [2.24, 2.45) is 0 Å². The van der Waals surface area contributed by atoms with Gasteiger partial charge in [0.1, 0.15) is 11.5 Å². The maximum Gasteiger partial charge on any atom is 0.490 e. The van der Waals surface area contributed by atoms with Crippen molar-refractivity contribution in [2.75, 3.05) is 48.3 Å². The fourth-order valence-electron chi connectivity index (χ4n) is 4.62. The van der Waals surface area contributed by atoms with E-state index in [4.69, 9.17) is 9.90 Å². The number of pyridine rings is 2. The minimum Gasteiger partial charge on any atom is -0.475 e. The molecule has 3 aromatic rings. The molecular weight excluding hydrogens is 522 g/mol. The molecule has 2 aliphatic rings. The van der Waals surface area contributed by atoms with Crippen LogP contribution in [0, 0.1) is 12.7 Å². The van der Waals surface area contributed by atoms with Gasteiger partial charge >= 0.3 is 18.2 Å². The maximum absolute atomic E-state index is 14.6. The number of anilines is 3. The molecule has 2 aliphatic heterocycles. The number of aromatic nitrogens is 3. The molecule has 3 aromatic heterocycles. The smallest absolute Gasteiger partial charge is 0.475 e. The molecule has 2 N–H and O–H groups in total. The number of carbonyl (C=O) groups is 2. The first-order chi connectivity index (χ1) is 18.2. The number of carboxylic acid groups (broad SMARTS) is 1. The topological polar surface area (TPSA) is 106 Å². The highest BCUT2D eigenvalue weighted by Crippen LogP contribution is 2.36. The molecule has 2 amide bonds. The van der Waals surface area contributed by atoms with Gasteiger partial charge in [-0.2, -0.15) is 13.2 Å². The summed E-state index contributed by atoms with van der Waals surface area (Å²) in [6, 6.07) is 2.98. The normalized spacial score (nSPS) is 17.0. The lowest BCUT2D eigenvalue weighted by Crippen LogP contribution is -2.57. The molecule has 0 spiro atoms. The first-order valence-corrected chi connectivity index (χ1v) is 12.1. The number of carbonyl (C=O) groups excluding carboxylic acids is 1. The van der Waals surface area contributed by atoms with Crippen LogP contribution in [-0.4, -0.2) is 81.3 Å². The number of piperazine rings is 1. The summed E-state index contributed by atoms with van der Waals surface area (Å²) < 4.78 is 48.0. The summed E-state index contributed by atoms with van der Waals surface area (Å²) in [6.45, 7) is 9.65. The highest BCUT2D eigenvalue weighted by atomic mass is 19.4. The van der Waals surface area contributed by atoms with E-state index in [1.165, 1.54) is 6.07 Å². The molecule has 39 heavy (non-hydrogen) atoms. The molecule has 0 aromatic carbocycles. The van der Waals surface area contributed by atoms with Crippen molar-refractivity contribution in [3.63, 3.8) is 0 Å². The molecule has 0 bridgehead atoms. The number of hydrogen-bond acceptors (Lipinski definition) is 6. The number of rotatable bonds is 2. The zero-order valence-corrected chi connectivity index (χ0v) is 21.9. The second-order valence-corrected chi connectivity index (χ2v) is 10.1. The number of aliphatic carboxylic acids is 1. The molecule has 5 rings (SSSR count). The lowest BCUT2D eigenvalue weighted by molar-refractivity contribution is -0.192. The Kier molecular flexibility index (Phi) is 7.43. The summed E-state index contributed by atoms with van der Waals surface area (Å²) in [7, 11) is 2.15. The van der Waals surface area contributed by atoms with Gasteiger partial charge in [0.05, 0.1) is 11.4 Å². The Morgan fingerprint density at radius 2 is 1.85 bits per heavy atom. The highest BCUT2D eigenvalue weighted by molar-refractivity contribution is 6.03. The van der Waals surface area contributed by atoms with E-state index >= 15 is 0 Å². The van der Waals surface area contributed by atoms with Gasteiger partial charge in [-0.15, -0.1) is 0 Å². The molecular formula is C25H29F4N7O3. The number of carboxylic acids is 1. The van der Waals surface area contributed by atoms with Crippen LogP contribution < -0.4 is 15.1 Å². The van der Waals surface area contributed by atoms with E-state index in [-0.39, 0.29) is 17.3 Å². The number of aryl methyl sites for hydroxylation is 1. The van der Waals surface area contributed by atoms with Crippen LogP contribution in [-0.2, 0) is 11.2 Å². The number of urea groups is 1. The zero-order chi connectivity index (χ0) is 28.7. The number of nitrogens with zero attached hydrogens (tertiary/aromatic N) is 6. The van der Waals surface area contributed by atoms with Gasteiger partial charge < -0.3 is 19.7 Å². The summed E-state index contributed by atoms with van der Waals surface area (Å²) in [5.41, 5.74) is 3.67. The van der Waals surface area contributed by atoms with Crippen LogP contribution in [0.4, 0.5) is 39.5 Å². The number of likely N-dealkylation sites (N-methyl/N-ethyl adjacent to an activating group) is 1. The van der Waals surface area contributed by atoms with Gasteiger partial charge in [0, 0.05) is 67.6 Å². The monoisotopic (exact) mass is 551 g/mol. The quantitative estimate of drug-likeness (QED) is 0.465. The van der Waals surface area contributed by atoms with E-state index in [2.05, 4.69) is 46.0 Å². The first kappa shape index (κ1) is 28.1. The molecule has 1 saturated heterocycles. The SMILES string of the molecule is Cc1cn2cc(NC(=O)N3CCc4c(N5CCN(C)C(C)(C)C5)ccnc43)c(F)cc2n1.O=C(O)C(F)(F)F. The molecule has 0 aliphatic carbocycles. The van der Waals surface area contributed by atoms with Crippen LogP contribution in [0.5, 0.6) is 0 Å². The number of nitrogens with one attached hydrogen (secondary N) is 1. The van der Waals surface area contributed by atoms with Gasteiger partial charge in [0.2, 0.25) is 0 Å². The third-order valence-electron chi connectivity index (χ3n) is 6.90. The second-order valence-electron chi connectivity index (χ2n) is 10.1. The third kappa shape index (κ3) is 5.90. The molecule has 5 heterocycles. The molecule has 10 nitrogen and oxygen atoms in total. The molecule has 14 heteroatoms. The number of halogens is 4. The molecule has 1 fully saturated rings. The molecule has 0 atom stereocenters. The van der Waals surface area contributed by atoms with Crippen LogP contribution in [0.1, 0.15) is 25.1 Å². The van der Waals surface area contributed by atoms with Crippen molar-refractivity contribution in [1.82, 2.24) is 19.3 Å². The van der Waals surface area contributed by atoms with Crippen LogP contribution in [0.25, 0.3) is 5.65 Å². The Morgan fingerprint density at radius 3 is 2.49 bits per heavy atom. The van der Waals surface area contributed by atoms with E-state index in [0.29, 0.717) is 18.0 Å². The van der Waals surface area contributed by atoms with E-state index in [1.54, 1.807) is 27.9 Å².